The van der Waals surface area contributed by atoms with Crippen molar-refractivity contribution in [1.82, 2.24) is 4.57 Å². The highest BCUT2D eigenvalue weighted by Gasteiger charge is 2.23. The predicted molar refractivity (Wildman–Crippen MR) is 115 cm³/mol. The van der Waals surface area contributed by atoms with Gasteiger partial charge in [0, 0.05) is 59.5 Å². The molecule has 1 aliphatic heterocycles. The van der Waals surface area contributed by atoms with E-state index in [1.807, 2.05) is 43.5 Å². The molecule has 0 atom stereocenters. The molecule has 3 aromatic carbocycles. The quantitative estimate of drug-likeness (QED) is 0.433. The van der Waals surface area contributed by atoms with E-state index in [4.69, 9.17) is 10.5 Å². The van der Waals surface area contributed by atoms with Gasteiger partial charge in [-0.2, -0.15) is 0 Å². The molecule has 0 aliphatic carbocycles. The van der Waals surface area contributed by atoms with Crippen molar-refractivity contribution in [3.63, 3.8) is 0 Å². The van der Waals surface area contributed by atoms with E-state index in [1.165, 1.54) is 12.1 Å². The van der Waals surface area contributed by atoms with Crippen LogP contribution < -0.4 is 10.5 Å². The molecule has 0 spiro atoms. The number of aromatic nitrogens is 1. The Balaban J connectivity index is 1.64. The molecule has 0 amide bonds. The van der Waals surface area contributed by atoms with Gasteiger partial charge in [0.1, 0.15) is 23.0 Å². The van der Waals surface area contributed by atoms with Crippen molar-refractivity contribution in [3.05, 3.63) is 77.7 Å². The topological polar surface area (TPSA) is 80.6 Å². The molecule has 1 aromatic heterocycles. The Morgan fingerprint density at radius 3 is 2.66 bits per heavy atom. The molecule has 0 saturated carbocycles. The molecule has 0 bridgehead atoms. The fourth-order valence-electron chi connectivity index (χ4n) is 3.98. The van der Waals surface area contributed by atoms with Gasteiger partial charge in [-0.05, 0) is 35.4 Å². The summed E-state index contributed by atoms with van der Waals surface area (Å²) in [6.45, 7) is 0. The van der Waals surface area contributed by atoms with Crippen LogP contribution in [0.25, 0.3) is 28.1 Å². The largest absolute Gasteiger partial charge is 0.508 e. The van der Waals surface area contributed by atoms with Gasteiger partial charge in [0.05, 0.1) is 0 Å². The molecule has 29 heavy (non-hydrogen) atoms. The second-order valence-corrected chi connectivity index (χ2v) is 7.35. The van der Waals surface area contributed by atoms with Crippen molar-refractivity contribution in [1.29, 1.82) is 0 Å². The third kappa shape index (κ3) is 2.88. The van der Waals surface area contributed by atoms with Crippen molar-refractivity contribution in [3.8, 4) is 28.4 Å². The summed E-state index contributed by atoms with van der Waals surface area (Å²) in [5.41, 5.74) is 11.6. The van der Waals surface area contributed by atoms with Gasteiger partial charge in [-0.3, -0.25) is 0 Å². The molecular weight excluding hydrogens is 364 g/mol. The first-order valence-electron chi connectivity index (χ1n) is 9.37. The second kappa shape index (κ2) is 6.34. The molecule has 5 heteroatoms. The third-order valence-electron chi connectivity index (χ3n) is 5.34. The van der Waals surface area contributed by atoms with Gasteiger partial charge < -0.3 is 25.3 Å². The lowest BCUT2D eigenvalue weighted by Gasteiger charge is -2.07. The van der Waals surface area contributed by atoms with E-state index in [-0.39, 0.29) is 11.5 Å². The highest BCUT2D eigenvalue weighted by Crippen LogP contribution is 2.41. The van der Waals surface area contributed by atoms with Crippen molar-refractivity contribution in [2.24, 2.45) is 7.05 Å². The monoisotopic (exact) mass is 384 g/mol. The Labute approximate surface area is 167 Å². The zero-order valence-electron chi connectivity index (χ0n) is 15.9. The number of rotatable bonds is 2. The minimum Gasteiger partial charge on any atom is -0.508 e. The first-order valence-corrected chi connectivity index (χ1v) is 9.37. The summed E-state index contributed by atoms with van der Waals surface area (Å²) in [5, 5.41) is 20.9. The number of nitrogens with zero attached hydrogens (tertiary/aromatic N) is 1. The van der Waals surface area contributed by atoms with Crippen LogP contribution in [0.15, 0.2) is 66.6 Å². The number of allylic oxidation sites excluding steroid dienone is 1. The molecular formula is C24H20N2O3. The number of phenolic OH excluding ortho intramolecular Hbond substituents is 2. The van der Waals surface area contributed by atoms with Crippen LogP contribution in [0.4, 0.5) is 5.69 Å². The lowest BCUT2D eigenvalue weighted by molar-refractivity contribution is 0.430. The van der Waals surface area contributed by atoms with E-state index in [0.29, 0.717) is 17.7 Å². The van der Waals surface area contributed by atoms with Gasteiger partial charge in [0.2, 0.25) is 0 Å². The second-order valence-electron chi connectivity index (χ2n) is 7.35. The number of aryl methyl sites for hydroxylation is 1. The van der Waals surface area contributed by atoms with Crippen LogP contribution in [0.5, 0.6) is 17.2 Å². The van der Waals surface area contributed by atoms with Gasteiger partial charge in [-0.15, -0.1) is 0 Å². The molecule has 5 rings (SSSR count). The van der Waals surface area contributed by atoms with Crippen LogP contribution in [-0.4, -0.2) is 14.8 Å². The summed E-state index contributed by atoms with van der Waals surface area (Å²) in [4.78, 5) is 0. The zero-order chi connectivity index (χ0) is 20.1. The number of fused-ring (bicyclic) bond motifs is 2. The van der Waals surface area contributed by atoms with Gasteiger partial charge in [0.15, 0.2) is 0 Å². The molecule has 4 aromatic rings. The van der Waals surface area contributed by atoms with E-state index >= 15 is 0 Å². The molecule has 0 unspecified atom stereocenters. The van der Waals surface area contributed by atoms with E-state index in [1.54, 1.807) is 0 Å². The minimum absolute atomic E-state index is 0.0155. The minimum atomic E-state index is -0.0155. The Morgan fingerprint density at radius 2 is 1.86 bits per heavy atom. The highest BCUT2D eigenvalue weighted by molar-refractivity contribution is 6.01. The average molecular weight is 384 g/mol. The predicted octanol–water partition coefficient (Wildman–Crippen LogP) is 4.81. The van der Waals surface area contributed by atoms with Crippen LogP contribution in [0, 0.1) is 0 Å². The maximum atomic E-state index is 10.1. The molecule has 144 valence electrons. The maximum absolute atomic E-state index is 10.1. The Bertz CT molecular complexity index is 1280. The summed E-state index contributed by atoms with van der Waals surface area (Å²) >= 11 is 0. The number of nitrogens with two attached hydrogens (primary N) is 1. The number of ether oxygens (including phenoxy) is 1. The Morgan fingerprint density at radius 1 is 1.07 bits per heavy atom. The van der Waals surface area contributed by atoms with Gasteiger partial charge >= 0.3 is 0 Å². The van der Waals surface area contributed by atoms with Crippen LogP contribution >= 0.6 is 0 Å². The van der Waals surface area contributed by atoms with Crippen molar-refractivity contribution in [2.75, 3.05) is 5.73 Å². The Hall–Kier alpha value is -3.86. The standard InChI is InChI=1S/C24H20N2O3/c1-26-13-15(9-18-12-20-22(28)10-17(27)11-23(20)29-18)24-19(3-2-4-21(24)26)14-5-7-16(25)8-6-14/h2-11,13,27-28H,12,25H2,1H3/b18-9-. The number of anilines is 1. The van der Waals surface area contributed by atoms with Gasteiger partial charge in [-0.25, -0.2) is 0 Å². The van der Waals surface area contributed by atoms with Crippen molar-refractivity contribution < 1.29 is 14.9 Å². The third-order valence-corrected chi connectivity index (χ3v) is 5.34. The maximum Gasteiger partial charge on any atom is 0.137 e. The van der Waals surface area contributed by atoms with Crippen molar-refractivity contribution in [2.45, 2.75) is 6.42 Å². The van der Waals surface area contributed by atoms with Crippen LogP contribution in [0.3, 0.4) is 0 Å². The fraction of sp³-hybridized carbons (Fsp3) is 0.0833. The number of hydrogen-bond acceptors (Lipinski definition) is 4. The van der Waals surface area contributed by atoms with E-state index in [2.05, 4.69) is 22.9 Å². The summed E-state index contributed by atoms with van der Waals surface area (Å²) in [5.74, 6) is 1.25. The van der Waals surface area contributed by atoms with E-state index < -0.39 is 0 Å². The normalized spacial score (nSPS) is 14.3. The summed E-state index contributed by atoms with van der Waals surface area (Å²) < 4.78 is 8.00. The van der Waals surface area contributed by atoms with Crippen LogP contribution in [0.2, 0.25) is 0 Å². The SMILES string of the molecule is Cn1cc(/C=C2/Cc3c(O)cc(O)cc3O2)c2c(-c3ccc(N)cc3)cccc21. The average Bonchev–Trinajstić information content (AvgIpc) is 3.24. The fourth-order valence-corrected chi connectivity index (χ4v) is 3.98. The number of phenols is 2. The summed E-state index contributed by atoms with van der Waals surface area (Å²) in [6.07, 6.45) is 4.55. The van der Waals surface area contributed by atoms with E-state index in [9.17, 15) is 10.2 Å². The molecule has 0 fully saturated rings. The number of benzene rings is 3. The number of hydrogen-bond donors (Lipinski definition) is 3. The molecule has 1 aliphatic rings. The number of aromatic hydroxyl groups is 2. The Kier molecular flexibility index (Phi) is 3.77. The molecule has 2 heterocycles. The lowest BCUT2D eigenvalue weighted by Crippen LogP contribution is -1.88. The molecule has 0 saturated heterocycles. The highest BCUT2D eigenvalue weighted by atomic mass is 16.5. The first-order chi connectivity index (χ1) is 14.0. The number of nitrogen functional groups attached to an aromatic ring is 1. The van der Waals surface area contributed by atoms with Crippen LogP contribution in [-0.2, 0) is 13.5 Å². The van der Waals surface area contributed by atoms with Gasteiger partial charge in [-0.1, -0.05) is 24.3 Å². The molecule has 5 nitrogen and oxygen atoms in total. The smallest absolute Gasteiger partial charge is 0.137 e. The zero-order valence-corrected chi connectivity index (χ0v) is 15.9. The van der Waals surface area contributed by atoms with E-state index in [0.717, 1.165) is 39.0 Å². The lowest BCUT2D eigenvalue weighted by atomic mass is 9.98. The molecule has 4 N–H and O–H groups in total. The van der Waals surface area contributed by atoms with Crippen molar-refractivity contribution >= 4 is 22.7 Å². The summed E-state index contributed by atoms with van der Waals surface area (Å²) in [6, 6.07) is 17.0. The van der Waals surface area contributed by atoms with Crippen LogP contribution in [0.1, 0.15) is 11.1 Å². The first kappa shape index (κ1) is 17.3. The molecule has 0 radical (unpaired) electrons. The summed E-state index contributed by atoms with van der Waals surface area (Å²) in [7, 11) is 2.02. The van der Waals surface area contributed by atoms with Gasteiger partial charge in [0.25, 0.3) is 0 Å².